The molecule has 0 spiro atoms. The van der Waals surface area contributed by atoms with Crippen molar-refractivity contribution in [1.29, 1.82) is 0 Å². The Kier molecular flexibility index (Phi) is 3.57. The van der Waals surface area contributed by atoms with Crippen LogP contribution in [0.25, 0.3) is 0 Å². The summed E-state index contributed by atoms with van der Waals surface area (Å²) in [6, 6.07) is 0. The third-order valence-corrected chi connectivity index (χ3v) is 3.17. The SMILES string of the molecule is CNCC1(C)CCCCC(C)C1. The van der Waals surface area contributed by atoms with E-state index >= 15 is 0 Å². The van der Waals surface area contributed by atoms with E-state index in [1.807, 2.05) is 0 Å². The Morgan fingerprint density at radius 3 is 2.83 bits per heavy atom. The second kappa shape index (κ2) is 4.27. The monoisotopic (exact) mass is 169 g/mol. The largest absolute Gasteiger partial charge is 0.319 e. The molecule has 0 amide bonds. The number of rotatable bonds is 2. The fourth-order valence-corrected chi connectivity index (χ4v) is 2.68. The molecule has 0 aliphatic heterocycles. The first kappa shape index (κ1) is 10.0. The molecule has 1 aliphatic carbocycles. The van der Waals surface area contributed by atoms with Crippen LogP contribution in [0.15, 0.2) is 0 Å². The van der Waals surface area contributed by atoms with Crippen LogP contribution in [-0.4, -0.2) is 13.6 Å². The highest BCUT2D eigenvalue weighted by Gasteiger charge is 2.27. The first-order valence-corrected chi connectivity index (χ1v) is 5.31. The third kappa shape index (κ3) is 2.78. The zero-order valence-corrected chi connectivity index (χ0v) is 8.82. The Bertz CT molecular complexity index is 133. The first-order chi connectivity index (χ1) is 5.66. The minimum Gasteiger partial charge on any atom is -0.319 e. The van der Waals surface area contributed by atoms with Crippen molar-refractivity contribution >= 4 is 0 Å². The Balaban J connectivity index is 2.49. The Labute approximate surface area is 76.9 Å². The van der Waals surface area contributed by atoms with Gasteiger partial charge in [0.1, 0.15) is 0 Å². The fraction of sp³-hybridized carbons (Fsp3) is 1.00. The second-order valence-corrected chi connectivity index (χ2v) is 4.90. The van der Waals surface area contributed by atoms with Gasteiger partial charge in [0.05, 0.1) is 0 Å². The molecule has 2 unspecified atom stereocenters. The number of nitrogens with one attached hydrogen (secondary N) is 1. The minimum atomic E-state index is 0.574. The van der Waals surface area contributed by atoms with E-state index in [9.17, 15) is 0 Å². The van der Waals surface area contributed by atoms with Crippen LogP contribution in [-0.2, 0) is 0 Å². The van der Waals surface area contributed by atoms with Crippen LogP contribution >= 0.6 is 0 Å². The molecule has 0 aromatic rings. The predicted octanol–water partition coefficient (Wildman–Crippen LogP) is 2.81. The highest BCUT2D eigenvalue weighted by atomic mass is 14.8. The molecular weight excluding hydrogens is 146 g/mol. The van der Waals surface area contributed by atoms with Crippen LogP contribution in [0.5, 0.6) is 0 Å². The van der Waals surface area contributed by atoms with Gasteiger partial charge in [-0.05, 0) is 31.2 Å². The summed E-state index contributed by atoms with van der Waals surface area (Å²) in [5, 5.41) is 3.33. The molecule has 1 saturated carbocycles. The molecule has 1 nitrogen and oxygen atoms in total. The van der Waals surface area contributed by atoms with Crippen molar-refractivity contribution in [3.8, 4) is 0 Å². The summed E-state index contributed by atoms with van der Waals surface area (Å²) in [5.41, 5.74) is 0.574. The van der Waals surface area contributed by atoms with E-state index < -0.39 is 0 Å². The van der Waals surface area contributed by atoms with Gasteiger partial charge in [0.2, 0.25) is 0 Å². The zero-order chi connectivity index (χ0) is 9.03. The van der Waals surface area contributed by atoms with Crippen molar-refractivity contribution in [1.82, 2.24) is 5.32 Å². The molecule has 12 heavy (non-hydrogen) atoms. The zero-order valence-electron chi connectivity index (χ0n) is 8.82. The van der Waals surface area contributed by atoms with Crippen molar-refractivity contribution in [2.45, 2.75) is 46.0 Å². The molecule has 1 heteroatoms. The Morgan fingerprint density at radius 2 is 2.17 bits per heavy atom. The van der Waals surface area contributed by atoms with Crippen molar-refractivity contribution in [3.63, 3.8) is 0 Å². The molecule has 0 heterocycles. The van der Waals surface area contributed by atoms with Gasteiger partial charge in [-0.1, -0.05) is 33.1 Å². The average molecular weight is 169 g/mol. The van der Waals surface area contributed by atoms with Gasteiger partial charge in [0.25, 0.3) is 0 Å². The normalized spacial score (nSPS) is 37.8. The molecule has 1 fully saturated rings. The fourth-order valence-electron chi connectivity index (χ4n) is 2.68. The second-order valence-electron chi connectivity index (χ2n) is 4.90. The van der Waals surface area contributed by atoms with E-state index in [0.717, 1.165) is 5.92 Å². The lowest BCUT2D eigenvalue weighted by Crippen LogP contribution is -2.30. The summed E-state index contributed by atoms with van der Waals surface area (Å²) < 4.78 is 0. The van der Waals surface area contributed by atoms with E-state index in [2.05, 4.69) is 26.2 Å². The quantitative estimate of drug-likeness (QED) is 0.627. The lowest BCUT2D eigenvalue weighted by Gasteiger charge is -2.29. The van der Waals surface area contributed by atoms with E-state index in [1.54, 1.807) is 0 Å². The third-order valence-electron chi connectivity index (χ3n) is 3.17. The van der Waals surface area contributed by atoms with Crippen molar-refractivity contribution in [2.24, 2.45) is 11.3 Å². The average Bonchev–Trinajstić information content (AvgIpc) is 2.12. The minimum absolute atomic E-state index is 0.574. The molecule has 1 N–H and O–H groups in total. The maximum absolute atomic E-state index is 3.33. The van der Waals surface area contributed by atoms with Gasteiger partial charge < -0.3 is 5.32 Å². The highest BCUT2D eigenvalue weighted by Crippen LogP contribution is 2.36. The van der Waals surface area contributed by atoms with Crippen LogP contribution in [0.1, 0.15) is 46.0 Å². The lowest BCUT2D eigenvalue weighted by molar-refractivity contribution is 0.241. The van der Waals surface area contributed by atoms with Crippen LogP contribution in [0, 0.1) is 11.3 Å². The van der Waals surface area contributed by atoms with Gasteiger partial charge in [-0.15, -0.1) is 0 Å². The summed E-state index contributed by atoms with van der Waals surface area (Å²) in [4.78, 5) is 0. The molecule has 0 aromatic heterocycles. The van der Waals surface area contributed by atoms with Gasteiger partial charge in [-0.3, -0.25) is 0 Å². The molecule has 0 radical (unpaired) electrons. The van der Waals surface area contributed by atoms with Crippen molar-refractivity contribution in [3.05, 3.63) is 0 Å². The molecular formula is C11H23N. The molecule has 2 atom stereocenters. The lowest BCUT2D eigenvalue weighted by atomic mass is 9.80. The molecule has 0 saturated heterocycles. The predicted molar refractivity (Wildman–Crippen MR) is 54.3 cm³/mol. The van der Waals surface area contributed by atoms with E-state index in [0.29, 0.717) is 5.41 Å². The Morgan fingerprint density at radius 1 is 1.42 bits per heavy atom. The van der Waals surface area contributed by atoms with Gasteiger partial charge in [0.15, 0.2) is 0 Å². The van der Waals surface area contributed by atoms with Crippen molar-refractivity contribution in [2.75, 3.05) is 13.6 Å². The van der Waals surface area contributed by atoms with Crippen LogP contribution < -0.4 is 5.32 Å². The maximum atomic E-state index is 3.33. The van der Waals surface area contributed by atoms with Crippen LogP contribution in [0.4, 0.5) is 0 Å². The van der Waals surface area contributed by atoms with Gasteiger partial charge in [-0.2, -0.15) is 0 Å². The summed E-state index contributed by atoms with van der Waals surface area (Å²) in [6.07, 6.45) is 7.15. The number of hydrogen-bond acceptors (Lipinski definition) is 1. The van der Waals surface area contributed by atoms with Gasteiger partial charge in [0, 0.05) is 6.54 Å². The van der Waals surface area contributed by atoms with Crippen LogP contribution in [0.3, 0.4) is 0 Å². The standard InChI is InChI=1S/C11H23N/c1-10-6-4-5-7-11(2,8-10)9-12-3/h10,12H,4-9H2,1-3H3. The summed E-state index contributed by atoms with van der Waals surface area (Å²) in [5.74, 6) is 0.936. The van der Waals surface area contributed by atoms with Gasteiger partial charge >= 0.3 is 0 Å². The van der Waals surface area contributed by atoms with Gasteiger partial charge in [-0.25, -0.2) is 0 Å². The topological polar surface area (TPSA) is 12.0 Å². The number of hydrogen-bond donors (Lipinski definition) is 1. The van der Waals surface area contributed by atoms with E-state index in [-0.39, 0.29) is 0 Å². The highest BCUT2D eigenvalue weighted by molar-refractivity contribution is 4.81. The summed E-state index contributed by atoms with van der Waals surface area (Å²) in [6.45, 7) is 6.03. The molecule has 1 rings (SSSR count). The molecule has 1 aliphatic rings. The summed E-state index contributed by atoms with van der Waals surface area (Å²) >= 11 is 0. The van der Waals surface area contributed by atoms with Crippen LogP contribution in [0.2, 0.25) is 0 Å². The molecule has 0 aromatic carbocycles. The first-order valence-electron chi connectivity index (χ1n) is 5.31. The van der Waals surface area contributed by atoms with Crippen molar-refractivity contribution < 1.29 is 0 Å². The Hall–Kier alpha value is -0.0400. The van der Waals surface area contributed by atoms with E-state index in [1.165, 1.54) is 38.6 Å². The van der Waals surface area contributed by atoms with E-state index in [4.69, 9.17) is 0 Å². The smallest absolute Gasteiger partial charge is 0.000226 e. The summed E-state index contributed by atoms with van der Waals surface area (Å²) in [7, 11) is 2.07. The maximum Gasteiger partial charge on any atom is 0.000226 e. The molecule has 0 bridgehead atoms. The molecule has 72 valence electrons.